The summed E-state index contributed by atoms with van der Waals surface area (Å²) in [5, 5.41) is 0. The lowest BCUT2D eigenvalue weighted by molar-refractivity contribution is 0.0744. The third-order valence-electron chi connectivity index (χ3n) is 5.12. The monoisotopic (exact) mass is 238 g/mol. The maximum absolute atomic E-state index is 2.43. The van der Waals surface area contributed by atoms with Crippen molar-refractivity contribution < 1.29 is 0 Å². The lowest BCUT2D eigenvalue weighted by Crippen LogP contribution is -2.33. The van der Waals surface area contributed by atoms with Crippen LogP contribution in [0.2, 0.25) is 0 Å². The second kappa shape index (κ2) is 5.33. The summed E-state index contributed by atoms with van der Waals surface area (Å²) >= 11 is 0. The Kier molecular flexibility index (Phi) is 4.72. The van der Waals surface area contributed by atoms with Gasteiger partial charge in [0.05, 0.1) is 0 Å². The van der Waals surface area contributed by atoms with Crippen molar-refractivity contribution in [2.45, 2.75) is 80.6 Å². The van der Waals surface area contributed by atoms with E-state index in [2.05, 4.69) is 48.5 Å². The molecule has 0 heterocycles. The molecular formula is C17H34. The predicted octanol–water partition coefficient (Wildman–Crippen LogP) is 5.91. The number of hydrogen-bond acceptors (Lipinski definition) is 0. The average molecular weight is 238 g/mol. The van der Waals surface area contributed by atoms with Gasteiger partial charge in [-0.25, -0.2) is 0 Å². The third kappa shape index (κ3) is 4.00. The van der Waals surface area contributed by atoms with Gasteiger partial charge in [-0.2, -0.15) is 0 Å². The van der Waals surface area contributed by atoms with Gasteiger partial charge >= 0.3 is 0 Å². The SMILES string of the molecule is CCC(C1CCC(C(C)(C)C)CC1)C(C)(C)C. The maximum atomic E-state index is 2.43. The van der Waals surface area contributed by atoms with Gasteiger partial charge in [0.2, 0.25) is 0 Å². The van der Waals surface area contributed by atoms with Crippen molar-refractivity contribution in [2.24, 2.45) is 28.6 Å². The van der Waals surface area contributed by atoms with Crippen molar-refractivity contribution in [2.75, 3.05) is 0 Å². The molecule has 1 rings (SSSR count). The van der Waals surface area contributed by atoms with Crippen molar-refractivity contribution in [3.63, 3.8) is 0 Å². The van der Waals surface area contributed by atoms with E-state index in [9.17, 15) is 0 Å². The molecule has 0 saturated heterocycles. The summed E-state index contributed by atoms with van der Waals surface area (Å²) in [5.41, 5.74) is 1.02. The van der Waals surface area contributed by atoms with Gasteiger partial charge in [-0.15, -0.1) is 0 Å². The highest BCUT2D eigenvalue weighted by Gasteiger charge is 2.36. The highest BCUT2D eigenvalue weighted by atomic mass is 14.4. The van der Waals surface area contributed by atoms with E-state index in [1.165, 1.54) is 32.1 Å². The zero-order chi connectivity index (χ0) is 13.3. The van der Waals surface area contributed by atoms with Gasteiger partial charge in [-0.05, 0) is 54.3 Å². The maximum Gasteiger partial charge on any atom is -0.0340 e. The first-order chi connectivity index (χ1) is 7.66. The fourth-order valence-corrected chi connectivity index (χ4v) is 4.04. The van der Waals surface area contributed by atoms with Crippen molar-refractivity contribution >= 4 is 0 Å². The number of rotatable bonds is 2. The van der Waals surface area contributed by atoms with E-state index in [-0.39, 0.29) is 0 Å². The van der Waals surface area contributed by atoms with Crippen LogP contribution in [0.15, 0.2) is 0 Å². The molecule has 0 radical (unpaired) electrons. The van der Waals surface area contributed by atoms with E-state index >= 15 is 0 Å². The fourth-order valence-electron chi connectivity index (χ4n) is 4.04. The molecule has 0 nitrogen and oxygen atoms in total. The molecule has 0 heteroatoms. The average Bonchev–Trinajstić information content (AvgIpc) is 2.16. The molecule has 0 aromatic rings. The predicted molar refractivity (Wildman–Crippen MR) is 78.1 cm³/mol. The van der Waals surface area contributed by atoms with Crippen LogP contribution in [0.3, 0.4) is 0 Å². The molecule has 1 atom stereocenters. The first-order valence-corrected chi connectivity index (χ1v) is 7.66. The van der Waals surface area contributed by atoms with Crippen LogP contribution in [-0.4, -0.2) is 0 Å². The van der Waals surface area contributed by atoms with Gasteiger partial charge in [0.15, 0.2) is 0 Å². The minimum Gasteiger partial charge on any atom is -0.0651 e. The Morgan fingerprint density at radius 3 is 1.65 bits per heavy atom. The Labute approximate surface area is 110 Å². The van der Waals surface area contributed by atoms with Crippen LogP contribution in [0.5, 0.6) is 0 Å². The highest BCUT2D eigenvalue weighted by Crippen LogP contribution is 2.46. The Balaban J connectivity index is 2.57. The van der Waals surface area contributed by atoms with E-state index in [0.717, 1.165) is 17.8 Å². The first-order valence-electron chi connectivity index (χ1n) is 7.66. The van der Waals surface area contributed by atoms with Crippen LogP contribution in [-0.2, 0) is 0 Å². The zero-order valence-corrected chi connectivity index (χ0v) is 13.3. The Hall–Kier alpha value is 0. The van der Waals surface area contributed by atoms with Crippen molar-refractivity contribution in [1.82, 2.24) is 0 Å². The lowest BCUT2D eigenvalue weighted by atomic mass is 9.62. The zero-order valence-electron chi connectivity index (χ0n) is 13.3. The molecule has 1 fully saturated rings. The minimum absolute atomic E-state index is 0.494. The molecular weight excluding hydrogens is 204 g/mol. The second-order valence-corrected chi connectivity index (χ2v) is 8.36. The second-order valence-electron chi connectivity index (χ2n) is 8.36. The fraction of sp³-hybridized carbons (Fsp3) is 1.00. The minimum atomic E-state index is 0.494. The molecule has 0 aliphatic heterocycles. The molecule has 0 aromatic heterocycles. The van der Waals surface area contributed by atoms with E-state index < -0.39 is 0 Å². The van der Waals surface area contributed by atoms with Gasteiger partial charge in [0, 0.05) is 0 Å². The van der Waals surface area contributed by atoms with E-state index in [1.807, 2.05) is 0 Å². The van der Waals surface area contributed by atoms with Gasteiger partial charge < -0.3 is 0 Å². The summed E-state index contributed by atoms with van der Waals surface area (Å²) in [6, 6.07) is 0. The molecule has 0 aromatic carbocycles. The normalized spacial score (nSPS) is 29.1. The standard InChI is InChI=1S/C17H34/c1-8-15(17(5,6)7)13-9-11-14(12-10-13)16(2,3)4/h13-15H,8-12H2,1-7H3. The molecule has 1 aliphatic carbocycles. The summed E-state index contributed by atoms with van der Waals surface area (Å²) in [6.07, 6.45) is 7.21. The van der Waals surface area contributed by atoms with Gasteiger partial charge in [-0.1, -0.05) is 54.9 Å². The van der Waals surface area contributed by atoms with Gasteiger partial charge in [0.25, 0.3) is 0 Å². The molecule has 1 unspecified atom stereocenters. The molecule has 1 saturated carbocycles. The Bertz CT molecular complexity index is 217. The molecule has 0 spiro atoms. The molecule has 17 heavy (non-hydrogen) atoms. The van der Waals surface area contributed by atoms with Crippen LogP contribution < -0.4 is 0 Å². The van der Waals surface area contributed by atoms with Crippen LogP contribution in [0, 0.1) is 28.6 Å². The quantitative estimate of drug-likeness (QED) is 0.561. The molecule has 0 N–H and O–H groups in total. The summed E-state index contributed by atoms with van der Waals surface area (Å²) < 4.78 is 0. The van der Waals surface area contributed by atoms with Crippen molar-refractivity contribution in [1.29, 1.82) is 0 Å². The third-order valence-corrected chi connectivity index (χ3v) is 5.12. The van der Waals surface area contributed by atoms with E-state index in [4.69, 9.17) is 0 Å². The van der Waals surface area contributed by atoms with Crippen molar-refractivity contribution in [3.05, 3.63) is 0 Å². The Morgan fingerprint density at radius 1 is 0.882 bits per heavy atom. The molecule has 0 amide bonds. The van der Waals surface area contributed by atoms with Gasteiger partial charge in [-0.3, -0.25) is 0 Å². The number of hydrogen-bond donors (Lipinski definition) is 0. The molecule has 102 valence electrons. The topological polar surface area (TPSA) is 0 Å². The summed E-state index contributed by atoms with van der Waals surface area (Å²) in [4.78, 5) is 0. The summed E-state index contributed by atoms with van der Waals surface area (Å²) in [7, 11) is 0. The first kappa shape index (κ1) is 15.1. The lowest BCUT2D eigenvalue weighted by Gasteiger charge is -2.43. The smallest absolute Gasteiger partial charge is 0.0340 e. The largest absolute Gasteiger partial charge is 0.0651 e. The molecule has 1 aliphatic rings. The summed E-state index contributed by atoms with van der Waals surface area (Å²) in [5.74, 6) is 2.86. The molecule has 0 bridgehead atoms. The van der Waals surface area contributed by atoms with E-state index in [0.29, 0.717) is 10.8 Å². The van der Waals surface area contributed by atoms with Crippen LogP contribution >= 0.6 is 0 Å². The van der Waals surface area contributed by atoms with Crippen LogP contribution in [0.4, 0.5) is 0 Å². The van der Waals surface area contributed by atoms with Gasteiger partial charge in [0.1, 0.15) is 0 Å². The summed E-state index contributed by atoms with van der Waals surface area (Å²) in [6.45, 7) is 16.9. The van der Waals surface area contributed by atoms with Crippen molar-refractivity contribution in [3.8, 4) is 0 Å². The Morgan fingerprint density at radius 2 is 1.35 bits per heavy atom. The van der Waals surface area contributed by atoms with Crippen LogP contribution in [0.1, 0.15) is 80.6 Å². The highest BCUT2D eigenvalue weighted by molar-refractivity contribution is 4.86. The van der Waals surface area contributed by atoms with Crippen LogP contribution in [0.25, 0.3) is 0 Å². The van der Waals surface area contributed by atoms with E-state index in [1.54, 1.807) is 0 Å².